The van der Waals surface area contributed by atoms with Crippen LogP contribution >= 0.6 is 15.2 Å². The van der Waals surface area contributed by atoms with E-state index in [1.807, 2.05) is 19.1 Å². The number of hydrogen-bond acceptors (Lipinski definition) is 3. The first kappa shape index (κ1) is 23.8. The molecule has 0 aliphatic heterocycles. The lowest BCUT2D eigenvalue weighted by Gasteiger charge is -2.20. The van der Waals surface area contributed by atoms with Gasteiger partial charge in [-0.25, -0.2) is 0 Å². The number of unbranched alkanes of at least 4 members (excludes halogenated alkanes) is 2. The summed E-state index contributed by atoms with van der Waals surface area (Å²) in [5, 5.41) is 8.88. The van der Waals surface area contributed by atoms with Crippen LogP contribution in [0.15, 0.2) is 30.3 Å². The second kappa shape index (κ2) is 9.57. The minimum atomic E-state index is -5.11. The molecule has 0 fully saturated rings. The van der Waals surface area contributed by atoms with Crippen molar-refractivity contribution < 1.29 is 33.8 Å². The Balaban J connectivity index is 2.82. The average molecular weight is 442 g/mol. The summed E-state index contributed by atoms with van der Waals surface area (Å²) < 4.78 is 24.1. The Hall–Kier alpha value is -1.46. The number of benzene rings is 2. The predicted molar refractivity (Wildman–Crippen MR) is 114 cm³/mol. The second-order valence-corrected chi connectivity index (χ2v) is 10.2. The van der Waals surface area contributed by atoms with Crippen LogP contribution in [0.2, 0.25) is 0 Å². The van der Waals surface area contributed by atoms with Gasteiger partial charge in [-0.3, -0.25) is 9.13 Å². The number of phenols is 1. The smallest absolute Gasteiger partial charge is 0.357 e. The first-order valence-electron chi connectivity index (χ1n) is 9.61. The van der Waals surface area contributed by atoms with E-state index in [4.69, 9.17) is 0 Å². The normalized spacial score (nSPS) is 12.3. The fourth-order valence-corrected chi connectivity index (χ4v) is 5.70. The van der Waals surface area contributed by atoms with Gasteiger partial charge in [-0.1, -0.05) is 44.9 Å². The van der Waals surface area contributed by atoms with Crippen LogP contribution in [0.3, 0.4) is 0 Å². The molecule has 0 atom stereocenters. The van der Waals surface area contributed by atoms with Crippen molar-refractivity contribution in [3.63, 3.8) is 0 Å². The number of rotatable bonds is 9. The molecule has 0 spiro atoms. The maximum absolute atomic E-state index is 12.2. The minimum absolute atomic E-state index is 0.215. The molecular weight excluding hydrogens is 414 g/mol. The highest BCUT2D eigenvalue weighted by atomic mass is 31.2. The molecule has 2 aromatic rings. The summed E-state index contributed by atoms with van der Waals surface area (Å²) in [6.07, 6.45) is 5.23. The summed E-state index contributed by atoms with van der Waals surface area (Å²) in [5.41, 5.74) is 2.02. The highest BCUT2D eigenvalue weighted by Gasteiger charge is 2.35. The lowest BCUT2D eigenvalue weighted by molar-refractivity contribution is 0.381. The van der Waals surface area contributed by atoms with Gasteiger partial charge < -0.3 is 24.7 Å². The van der Waals surface area contributed by atoms with E-state index in [0.29, 0.717) is 12.0 Å². The van der Waals surface area contributed by atoms with E-state index in [0.717, 1.165) is 55.4 Å². The second-order valence-electron chi connectivity index (χ2n) is 7.11. The Bertz CT molecular complexity index is 960. The highest BCUT2D eigenvalue weighted by Crippen LogP contribution is 2.46. The van der Waals surface area contributed by atoms with Crippen LogP contribution in [0.5, 0.6) is 5.75 Å². The molecule has 0 unspecified atom stereocenters. The molecule has 0 radical (unpaired) electrons. The van der Waals surface area contributed by atoms with Crippen LogP contribution in [0.4, 0.5) is 0 Å². The zero-order valence-corrected chi connectivity index (χ0v) is 18.4. The van der Waals surface area contributed by atoms with Crippen LogP contribution in [0, 0.1) is 0 Å². The Morgan fingerprint density at radius 1 is 0.828 bits per heavy atom. The van der Waals surface area contributed by atoms with E-state index < -0.39 is 31.6 Å². The van der Waals surface area contributed by atoms with E-state index in [2.05, 4.69) is 6.92 Å². The molecule has 0 aliphatic rings. The Labute approximate surface area is 170 Å². The Kier molecular flexibility index (Phi) is 7.86. The Morgan fingerprint density at radius 3 is 2.00 bits per heavy atom. The molecule has 29 heavy (non-hydrogen) atoms. The molecule has 7 nitrogen and oxygen atoms in total. The highest BCUT2D eigenvalue weighted by molar-refractivity contribution is 7.67. The lowest BCUT2D eigenvalue weighted by Crippen LogP contribution is -2.27. The van der Waals surface area contributed by atoms with Gasteiger partial charge in [0.05, 0.1) is 10.6 Å². The van der Waals surface area contributed by atoms with E-state index in [1.165, 1.54) is 0 Å². The van der Waals surface area contributed by atoms with Crippen molar-refractivity contribution in [3.05, 3.63) is 41.5 Å². The van der Waals surface area contributed by atoms with Gasteiger partial charge in [0.2, 0.25) is 0 Å². The van der Waals surface area contributed by atoms with Crippen molar-refractivity contribution in [2.24, 2.45) is 0 Å². The molecule has 0 saturated carbocycles. The largest absolute Gasteiger partial charge is 0.507 e. The number of phenolic OH excluding ortho intramolecular Hbond substituents is 1. The molecule has 0 bridgehead atoms. The van der Waals surface area contributed by atoms with Gasteiger partial charge in [0, 0.05) is 5.56 Å². The molecule has 160 valence electrons. The van der Waals surface area contributed by atoms with Crippen LogP contribution in [-0.4, -0.2) is 24.7 Å². The van der Waals surface area contributed by atoms with Gasteiger partial charge in [0.1, 0.15) is 5.75 Å². The minimum Gasteiger partial charge on any atom is -0.507 e. The average Bonchev–Trinajstić information content (AvgIpc) is 2.63. The summed E-state index contributed by atoms with van der Waals surface area (Å²) in [7, 11) is -10.1. The third-order valence-electron chi connectivity index (χ3n) is 4.80. The monoisotopic (exact) mass is 442 g/mol. The maximum atomic E-state index is 12.2. The molecule has 0 saturated heterocycles. The standard InChI is InChI=1S/C20H28O7P2/c1-3-5-7-14-9-10-16(15(13-14)8-6-4-2)19-17(21)11-12-18(28(22,23)24)20(19)29(25,26)27/h9-13,21H,3-8H2,1-2H3,(H2,22,23,24)(H2,25,26,27). The molecule has 0 aliphatic carbocycles. The molecule has 2 aromatic carbocycles. The molecule has 0 amide bonds. The van der Waals surface area contributed by atoms with Gasteiger partial charge in [-0.15, -0.1) is 0 Å². The van der Waals surface area contributed by atoms with Gasteiger partial charge in [0.15, 0.2) is 0 Å². The first-order valence-corrected chi connectivity index (χ1v) is 12.8. The summed E-state index contributed by atoms with van der Waals surface area (Å²) in [6, 6.07) is 7.39. The third-order valence-corrected chi connectivity index (χ3v) is 7.02. The van der Waals surface area contributed by atoms with Crippen LogP contribution < -0.4 is 10.6 Å². The van der Waals surface area contributed by atoms with Crippen molar-refractivity contribution in [2.75, 3.05) is 0 Å². The quantitative estimate of drug-likeness (QED) is 0.376. The van der Waals surface area contributed by atoms with Crippen molar-refractivity contribution in [2.45, 2.75) is 52.4 Å². The Morgan fingerprint density at radius 2 is 1.45 bits per heavy atom. The van der Waals surface area contributed by atoms with E-state index in [-0.39, 0.29) is 5.56 Å². The summed E-state index contributed by atoms with van der Waals surface area (Å²) >= 11 is 0. The van der Waals surface area contributed by atoms with E-state index in [1.54, 1.807) is 6.07 Å². The predicted octanol–water partition coefficient (Wildman–Crippen LogP) is 3.35. The molecule has 9 heteroatoms. The topological polar surface area (TPSA) is 135 Å². The molecule has 0 aromatic heterocycles. The summed E-state index contributed by atoms with van der Waals surface area (Å²) in [4.78, 5) is 39.1. The number of hydrogen-bond donors (Lipinski definition) is 5. The fourth-order valence-electron chi connectivity index (χ4n) is 3.37. The number of aryl methyl sites for hydroxylation is 2. The van der Waals surface area contributed by atoms with Crippen LogP contribution in [0.25, 0.3) is 11.1 Å². The van der Waals surface area contributed by atoms with Crippen molar-refractivity contribution in [3.8, 4) is 16.9 Å². The molecule has 0 heterocycles. The van der Waals surface area contributed by atoms with E-state index in [9.17, 15) is 33.8 Å². The first-order chi connectivity index (χ1) is 13.5. The van der Waals surface area contributed by atoms with Gasteiger partial charge in [0.25, 0.3) is 0 Å². The maximum Gasteiger partial charge on any atom is 0.357 e. The SMILES string of the molecule is CCCCc1ccc(-c2c(O)ccc(P(=O)(O)O)c2P(=O)(O)O)c(CCCC)c1. The van der Waals surface area contributed by atoms with Gasteiger partial charge in [-0.2, -0.15) is 0 Å². The third kappa shape index (κ3) is 5.79. The molecule has 5 N–H and O–H groups in total. The van der Waals surface area contributed by atoms with Crippen molar-refractivity contribution >= 4 is 25.8 Å². The van der Waals surface area contributed by atoms with Crippen LogP contribution in [-0.2, 0) is 22.0 Å². The summed E-state index contributed by atoms with van der Waals surface area (Å²) in [6.45, 7) is 4.11. The van der Waals surface area contributed by atoms with Gasteiger partial charge >= 0.3 is 15.2 Å². The number of aromatic hydroxyl groups is 1. The zero-order chi connectivity index (χ0) is 21.8. The molecular formula is C20H28O7P2. The summed E-state index contributed by atoms with van der Waals surface area (Å²) in [5.74, 6) is -0.431. The molecule has 2 rings (SSSR count). The van der Waals surface area contributed by atoms with E-state index >= 15 is 0 Å². The fraction of sp³-hybridized carbons (Fsp3) is 0.400. The van der Waals surface area contributed by atoms with Crippen molar-refractivity contribution in [1.82, 2.24) is 0 Å². The zero-order valence-electron chi connectivity index (χ0n) is 16.6. The van der Waals surface area contributed by atoms with Gasteiger partial charge in [-0.05, 0) is 54.5 Å². The lowest BCUT2D eigenvalue weighted by atomic mass is 9.92. The van der Waals surface area contributed by atoms with Crippen LogP contribution in [0.1, 0.15) is 50.7 Å². The van der Waals surface area contributed by atoms with Crippen molar-refractivity contribution in [1.29, 1.82) is 0 Å².